The van der Waals surface area contributed by atoms with Gasteiger partial charge in [0.25, 0.3) is 0 Å². The molecule has 0 spiro atoms. The van der Waals surface area contributed by atoms with Crippen LogP contribution in [0.25, 0.3) is 10.9 Å². The number of nitrogens with zero attached hydrogens (tertiary/aromatic N) is 2. The fraction of sp³-hybridized carbons (Fsp3) is 0.188. The van der Waals surface area contributed by atoms with Crippen molar-refractivity contribution < 1.29 is 4.74 Å². The van der Waals surface area contributed by atoms with Crippen LogP contribution in [0, 0.1) is 0 Å². The van der Waals surface area contributed by atoms with Gasteiger partial charge >= 0.3 is 0 Å². The van der Waals surface area contributed by atoms with E-state index in [0.29, 0.717) is 0 Å². The minimum atomic E-state index is -2.07. The van der Waals surface area contributed by atoms with Gasteiger partial charge in [0.15, 0.2) is 0 Å². The largest absolute Gasteiger partial charge is 0.379 e. The molecule has 0 saturated carbocycles. The van der Waals surface area contributed by atoms with Crippen LogP contribution in [-0.2, 0) is 11.3 Å². The van der Waals surface area contributed by atoms with Gasteiger partial charge in [0.05, 0.1) is 13.2 Å². The Bertz CT molecular complexity index is 1310. The fourth-order valence-corrected chi connectivity index (χ4v) is 9.79. The highest BCUT2D eigenvalue weighted by Crippen LogP contribution is 2.54. The molecule has 0 N–H and O–H groups in total. The number of hydrogen-bond donors (Lipinski definition) is 0. The molecule has 0 radical (unpaired) electrons. The summed E-state index contributed by atoms with van der Waals surface area (Å²) in [6, 6.07) is 42.7. The summed E-state index contributed by atoms with van der Waals surface area (Å²) in [6.07, 6.45) is 2.25. The molecule has 0 amide bonds. The van der Waals surface area contributed by atoms with Crippen molar-refractivity contribution in [3.05, 3.63) is 121 Å². The molecular weight excluding hydrogens is 459 g/mol. The Balaban J connectivity index is 1.48. The molecule has 1 aromatic heterocycles. The Kier molecular flexibility index (Phi) is 6.70. The van der Waals surface area contributed by atoms with Crippen molar-refractivity contribution in [3.8, 4) is 0 Å². The molecule has 36 heavy (non-hydrogen) atoms. The first-order chi connectivity index (χ1) is 17.9. The molecule has 6 rings (SSSR count). The summed E-state index contributed by atoms with van der Waals surface area (Å²) in [5, 5.41) is 6.85. The van der Waals surface area contributed by atoms with Crippen LogP contribution >= 0.6 is 7.26 Å². The highest BCUT2D eigenvalue weighted by Gasteiger charge is 2.47. The summed E-state index contributed by atoms with van der Waals surface area (Å²) in [5.41, 5.74) is 1.30. The van der Waals surface area contributed by atoms with Crippen LogP contribution in [0.4, 0.5) is 0 Å². The van der Waals surface area contributed by atoms with Crippen molar-refractivity contribution in [3.63, 3.8) is 0 Å². The van der Waals surface area contributed by atoms with E-state index in [1.54, 1.807) is 0 Å². The van der Waals surface area contributed by atoms with E-state index in [1.165, 1.54) is 32.1 Å². The lowest BCUT2D eigenvalue weighted by molar-refractivity contribution is 0.0365. The van der Waals surface area contributed by atoms with E-state index in [9.17, 15) is 0 Å². The van der Waals surface area contributed by atoms with Crippen molar-refractivity contribution in [2.75, 3.05) is 32.8 Å². The van der Waals surface area contributed by atoms with E-state index in [-0.39, 0.29) is 0 Å². The minimum Gasteiger partial charge on any atom is -0.379 e. The van der Waals surface area contributed by atoms with Gasteiger partial charge in [0.1, 0.15) is 28.5 Å². The van der Waals surface area contributed by atoms with Gasteiger partial charge in [0, 0.05) is 43.3 Å². The van der Waals surface area contributed by atoms with Crippen LogP contribution in [0.1, 0.15) is 0 Å². The lowest BCUT2D eigenvalue weighted by Crippen LogP contribution is -2.38. The fourth-order valence-electron chi connectivity index (χ4n) is 5.51. The molecule has 1 aliphatic rings. The van der Waals surface area contributed by atoms with Gasteiger partial charge in [-0.05, 0) is 60.7 Å². The van der Waals surface area contributed by atoms with Crippen LogP contribution < -0.4 is 21.2 Å². The number of rotatable bonds is 7. The normalized spacial score (nSPS) is 14.8. The Labute approximate surface area is 214 Å². The van der Waals surface area contributed by atoms with Crippen LogP contribution in [0.3, 0.4) is 0 Å². The molecule has 0 unspecified atom stereocenters. The number of morpholine rings is 1. The number of ether oxygens (including phenoxy) is 1. The van der Waals surface area contributed by atoms with Crippen molar-refractivity contribution in [1.29, 1.82) is 0 Å². The van der Waals surface area contributed by atoms with Gasteiger partial charge in [-0.15, -0.1) is 0 Å². The summed E-state index contributed by atoms with van der Waals surface area (Å²) in [5.74, 6) is 0. The SMILES string of the molecule is c1ccc([P+](c2ccccc2)(c2ccccc2)c2ccc3c(ccn3CCN3CCOCC3)c2)cc1. The Morgan fingerprint density at radius 3 is 1.69 bits per heavy atom. The molecule has 4 aromatic carbocycles. The average Bonchev–Trinajstić information content (AvgIpc) is 3.37. The molecule has 2 heterocycles. The first kappa shape index (κ1) is 23.2. The highest BCUT2D eigenvalue weighted by molar-refractivity contribution is 8.01. The second-order valence-electron chi connectivity index (χ2n) is 9.38. The maximum absolute atomic E-state index is 5.52. The van der Waals surface area contributed by atoms with Gasteiger partial charge in [0.2, 0.25) is 0 Å². The van der Waals surface area contributed by atoms with Gasteiger partial charge < -0.3 is 9.30 Å². The van der Waals surface area contributed by atoms with E-state index in [1.807, 2.05) is 0 Å². The van der Waals surface area contributed by atoms with Crippen LogP contribution in [0.2, 0.25) is 0 Å². The second kappa shape index (κ2) is 10.4. The predicted molar refractivity (Wildman–Crippen MR) is 154 cm³/mol. The summed E-state index contributed by atoms with van der Waals surface area (Å²) >= 11 is 0. The van der Waals surface area contributed by atoms with Crippen molar-refractivity contribution in [1.82, 2.24) is 9.47 Å². The second-order valence-corrected chi connectivity index (χ2v) is 12.8. The van der Waals surface area contributed by atoms with Gasteiger partial charge in [-0.3, -0.25) is 4.90 Å². The van der Waals surface area contributed by atoms with Crippen LogP contribution in [0.5, 0.6) is 0 Å². The van der Waals surface area contributed by atoms with Gasteiger partial charge in [-0.2, -0.15) is 0 Å². The molecule has 1 aliphatic heterocycles. The summed E-state index contributed by atoms with van der Waals surface area (Å²) in [4.78, 5) is 2.50. The highest BCUT2D eigenvalue weighted by atomic mass is 31.2. The molecule has 5 aromatic rings. The molecule has 1 saturated heterocycles. The van der Waals surface area contributed by atoms with E-state index in [2.05, 4.69) is 131 Å². The summed E-state index contributed by atoms with van der Waals surface area (Å²) in [7, 11) is -2.07. The minimum absolute atomic E-state index is 0.847. The zero-order valence-corrected chi connectivity index (χ0v) is 21.4. The van der Waals surface area contributed by atoms with E-state index in [4.69, 9.17) is 4.74 Å². The van der Waals surface area contributed by atoms with Crippen molar-refractivity contribution in [2.24, 2.45) is 0 Å². The predicted octanol–water partition coefficient (Wildman–Crippen LogP) is 4.59. The van der Waals surface area contributed by atoms with Gasteiger partial charge in [-0.1, -0.05) is 54.6 Å². The maximum atomic E-state index is 5.52. The monoisotopic (exact) mass is 491 g/mol. The van der Waals surface area contributed by atoms with E-state index >= 15 is 0 Å². The molecule has 4 heteroatoms. The molecular formula is C32H32N2OP+. The molecule has 0 atom stereocenters. The average molecular weight is 492 g/mol. The number of aromatic nitrogens is 1. The first-order valence-corrected chi connectivity index (χ1v) is 14.6. The molecule has 0 aliphatic carbocycles. The van der Waals surface area contributed by atoms with E-state index < -0.39 is 7.26 Å². The summed E-state index contributed by atoms with van der Waals surface area (Å²) in [6.45, 7) is 5.81. The Hall–Kier alpha value is -3.23. The van der Waals surface area contributed by atoms with Gasteiger partial charge in [-0.25, -0.2) is 0 Å². The first-order valence-electron chi connectivity index (χ1n) is 12.8. The zero-order chi connectivity index (χ0) is 24.2. The lowest BCUT2D eigenvalue weighted by atomic mass is 10.2. The molecule has 0 bridgehead atoms. The van der Waals surface area contributed by atoms with Crippen LogP contribution in [-0.4, -0.2) is 42.3 Å². The third kappa shape index (κ3) is 4.29. The van der Waals surface area contributed by atoms with Crippen molar-refractivity contribution >= 4 is 39.4 Å². The Morgan fingerprint density at radius 2 is 1.14 bits per heavy atom. The van der Waals surface area contributed by atoms with Crippen LogP contribution in [0.15, 0.2) is 121 Å². The number of fused-ring (bicyclic) bond motifs is 1. The third-order valence-corrected chi connectivity index (χ3v) is 11.6. The smallest absolute Gasteiger partial charge is 0.144 e. The quantitative estimate of drug-likeness (QED) is 0.310. The Morgan fingerprint density at radius 1 is 0.583 bits per heavy atom. The number of hydrogen-bond acceptors (Lipinski definition) is 2. The summed E-state index contributed by atoms with van der Waals surface area (Å²) < 4.78 is 7.92. The number of benzene rings is 4. The molecule has 3 nitrogen and oxygen atoms in total. The maximum Gasteiger partial charge on any atom is 0.144 e. The molecule has 180 valence electrons. The van der Waals surface area contributed by atoms with E-state index in [0.717, 1.165) is 39.4 Å². The van der Waals surface area contributed by atoms with Crippen molar-refractivity contribution in [2.45, 2.75) is 6.54 Å². The topological polar surface area (TPSA) is 17.4 Å². The molecule has 1 fully saturated rings. The zero-order valence-electron chi connectivity index (χ0n) is 20.5. The standard InChI is InChI=1S/C32H32N2OP/c1-4-10-28(11-5-1)36(29-12-6-2-7-13-29,30-14-8-3-9-15-30)31-16-17-32-27(26-31)18-19-34(32)21-20-33-22-24-35-25-23-33/h1-19,26H,20-25H2/q+1. The third-order valence-electron chi connectivity index (χ3n) is 7.33. The lowest BCUT2D eigenvalue weighted by Gasteiger charge is -2.28.